The van der Waals surface area contributed by atoms with Crippen molar-refractivity contribution in [3.05, 3.63) is 69.7 Å². The van der Waals surface area contributed by atoms with E-state index in [4.69, 9.17) is 23.2 Å². The quantitative estimate of drug-likeness (QED) is 0.273. The van der Waals surface area contributed by atoms with E-state index in [2.05, 4.69) is 23.0 Å². The van der Waals surface area contributed by atoms with Gasteiger partial charge in [0.1, 0.15) is 0 Å². The van der Waals surface area contributed by atoms with Crippen LogP contribution >= 0.6 is 23.2 Å². The number of nitrogens with one attached hydrogen (secondary N) is 1. The second-order valence-corrected chi connectivity index (χ2v) is 15.7. The first kappa shape index (κ1) is 41.1. The van der Waals surface area contributed by atoms with Crippen LogP contribution < -0.4 is 5.32 Å². The Morgan fingerprint density at radius 1 is 0.760 bits per heavy atom. The maximum atomic E-state index is 12.9. The number of benzene rings is 2. The first-order valence-electron chi connectivity index (χ1n) is 16.4. The van der Waals surface area contributed by atoms with Crippen molar-refractivity contribution in [2.75, 3.05) is 32.8 Å². The van der Waals surface area contributed by atoms with Crippen LogP contribution in [0, 0.1) is 10.8 Å². The number of esters is 1. The molecule has 0 radical (unpaired) electrons. The van der Waals surface area contributed by atoms with Gasteiger partial charge in [0, 0.05) is 59.1 Å². The molecule has 50 heavy (non-hydrogen) atoms. The highest BCUT2D eigenvalue weighted by Crippen LogP contribution is 2.33. The second kappa shape index (κ2) is 16.3. The van der Waals surface area contributed by atoms with Gasteiger partial charge in [0.05, 0.1) is 12.1 Å². The van der Waals surface area contributed by atoms with E-state index >= 15 is 0 Å². The molecule has 0 unspecified atom stereocenters. The average Bonchev–Trinajstić information content (AvgIpc) is 3.01. The lowest BCUT2D eigenvalue weighted by atomic mass is 9.91. The Morgan fingerprint density at radius 3 is 1.76 bits per heavy atom. The Hall–Kier alpha value is -3.35. The van der Waals surface area contributed by atoms with Gasteiger partial charge in [-0.25, -0.2) is 4.79 Å². The van der Waals surface area contributed by atoms with Crippen LogP contribution in [0.5, 0.6) is 0 Å². The summed E-state index contributed by atoms with van der Waals surface area (Å²) in [7, 11) is 0. The maximum absolute atomic E-state index is 12.9. The van der Waals surface area contributed by atoms with Crippen molar-refractivity contribution in [3.8, 4) is 0 Å². The Bertz CT molecular complexity index is 1540. The topological polar surface area (TPSA) is 99.3 Å². The molecule has 276 valence electrons. The summed E-state index contributed by atoms with van der Waals surface area (Å²) in [5.41, 5.74) is 0.671. The van der Waals surface area contributed by atoms with Crippen LogP contribution in [0.1, 0.15) is 78.6 Å². The third-order valence-electron chi connectivity index (χ3n) is 8.40. The van der Waals surface area contributed by atoms with Crippen molar-refractivity contribution in [2.45, 2.75) is 85.7 Å². The average molecular weight is 744 g/mol. The zero-order valence-corrected chi connectivity index (χ0v) is 31.2. The van der Waals surface area contributed by atoms with E-state index < -0.39 is 42.2 Å². The van der Waals surface area contributed by atoms with Gasteiger partial charge in [-0.3, -0.25) is 14.4 Å². The number of amides is 3. The van der Waals surface area contributed by atoms with Crippen molar-refractivity contribution < 1.29 is 37.1 Å². The van der Waals surface area contributed by atoms with Crippen LogP contribution in [0.4, 0.5) is 13.2 Å². The third-order valence-corrected chi connectivity index (χ3v) is 8.87. The lowest BCUT2D eigenvalue weighted by molar-refractivity contribution is -0.190. The highest BCUT2D eigenvalue weighted by molar-refractivity contribution is 6.32. The van der Waals surface area contributed by atoms with Gasteiger partial charge in [0.25, 0.3) is 0 Å². The van der Waals surface area contributed by atoms with Gasteiger partial charge in [-0.2, -0.15) is 13.2 Å². The zero-order chi connectivity index (χ0) is 37.8. The number of rotatable bonds is 3. The van der Waals surface area contributed by atoms with Crippen molar-refractivity contribution in [2.24, 2.45) is 10.8 Å². The largest absolute Gasteiger partial charge is 0.449 e. The van der Waals surface area contributed by atoms with Crippen LogP contribution in [0.15, 0.2) is 48.5 Å². The number of carbonyl (C=O) groups excluding carboxylic acids is 4. The summed E-state index contributed by atoms with van der Waals surface area (Å²) in [5.74, 6) is -2.73. The predicted molar refractivity (Wildman–Crippen MR) is 186 cm³/mol. The Kier molecular flexibility index (Phi) is 13.4. The summed E-state index contributed by atoms with van der Waals surface area (Å²) in [6.07, 6.45) is -4.74. The van der Waals surface area contributed by atoms with Gasteiger partial charge in [0.15, 0.2) is 6.61 Å². The molecule has 14 heteroatoms. The fraction of sp³-hybridized carbons (Fsp3) is 0.556. The number of alkyl halides is 3. The number of halogens is 5. The van der Waals surface area contributed by atoms with Crippen molar-refractivity contribution in [1.29, 1.82) is 0 Å². The smallest absolute Gasteiger partial charge is 0.422 e. The van der Waals surface area contributed by atoms with Gasteiger partial charge in [0.2, 0.25) is 11.8 Å². The molecule has 2 aliphatic heterocycles. The molecule has 2 saturated heterocycles. The normalized spacial score (nSPS) is 21.6. The molecule has 1 N–H and O–H groups in total. The fourth-order valence-electron chi connectivity index (χ4n) is 5.76. The molecule has 0 saturated carbocycles. The van der Waals surface area contributed by atoms with Crippen molar-refractivity contribution in [1.82, 2.24) is 20.0 Å². The van der Waals surface area contributed by atoms with E-state index in [0.29, 0.717) is 17.1 Å². The van der Waals surface area contributed by atoms with Crippen LogP contribution in [-0.4, -0.2) is 89.4 Å². The van der Waals surface area contributed by atoms with Gasteiger partial charge < -0.3 is 24.8 Å². The van der Waals surface area contributed by atoms with E-state index in [1.54, 1.807) is 56.9 Å². The molecule has 2 aromatic rings. The number of hydrogen-bond acceptors (Lipinski definition) is 6. The van der Waals surface area contributed by atoms with Crippen molar-refractivity contribution >= 4 is 46.9 Å². The minimum atomic E-state index is -4.74. The lowest BCUT2D eigenvalue weighted by Crippen LogP contribution is -2.59. The molecular formula is C36H47Cl2F3N4O5. The second-order valence-electron chi connectivity index (χ2n) is 14.8. The fourth-order valence-corrected chi connectivity index (χ4v) is 6.16. The van der Waals surface area contributed by atoms with Crippen LogP contribution in [0.2, 0.25) is 10.0 Å². The standard InChI is InChI=1S/C20H24ClF3N2O4.C16H23ClN2O/c1-12-9-26(16(27)17(28)30-11-20(22,23)24)15(13-6-5-7-14(21)8-13)10-25(12)18(29)19(2,3)4;1-11-9-18-14(12-6-5-7-13(17)8-12)10-19(11)15(20)16(2,3)4/h5-8,12,15H,9-11H2,1-4H3;5-8,11,14,18H,9-10H2,1-4H3/t12-,15-;11-,14-/m11/s1. The molecule has 2 heterocycles. The molecule has 2 aliphatic rings. The first-order valence-corrected chi connectivity index (χ1v) is 17.2. The van der Waals surface area contributed by atoms with E-state index in [1.165, 1.54) is 0 Å². The van der Waals surface area contributed by atoms with Gasteiger partial charge in [-0.15, -0.1) is 0 Å². The van der Waals surface area contributed by atoms with E-state index in [1.807, 2.05) is 43.9 Å². The lowest BCUT2D eigenvalue weighted by Gasteiger charge is -2.46. The van der Waals surface area contributed by atoms with Crippen molar-refractivity contribution in [3.63, 3.8) is 0 Å². The summed E-state index contributed by atoms with van der Waals surface area (Å²) >= 11 is 12.1. The Morgan fingerprint density at radius 2 is 1.26 bits per heavy atom. The van der Waals surface area contributed by atoms with Gasteiger partial charge in [-0.05, 0) is 49.2 Å². The minimum absolute atomic E-state index is 0.0427. The molecule has 2 aromatic carbocycles. The number of carbonyl (C=O) groups is 4. The molecule has 0 aliphatic carbocycles. The molecule has 4 atom stereocenters. The summed E-state index contributed by atoms with van der Waals surface area (Å²) in [6, 6.07) is 13.5. The Labute approximate surface area is 302 Å². The number of hydrogen-bond donors (Lipinski definition) is 1. The summed E-state index contributed by atoms with van der Waals surface area (Å²) in [6.45, 7) is 14.7. The minimum Gasteiger partial charge on any atom is -0.449 e. The van der Waals surface area contributed by atoms with E-state index in [0.717, 1.165) is 22.0 Å². The Balaban J connectivity index is 0.000000292. The number of piperazine rings is 2. The summed E-state index contributed by atoms with van der Waals surface area (Å²) < 4.78 is 41.2. The SMILES string of the molecule is C[C@@H]1CN(C(=O)C(=O)OCC(F)(F)F)[C@@H](c2cccc(Cl)c2)CN1C(=O)C(C)(C)C.C[C@@H]1CN[C@@H](c2cccc(Cl)c2)CN1C(=O)C(C)(C)C. The van der Waals surface area contributed by atoms with Crippen LogP contribution in [0.25, 0.3) is 0 Å². The molecule has 4 rings (SSSR count). The molecular weight excluding hydrogens is 696 g/mol. The predicted octanol–water partition coefficient (Wildman–Crippen LogP) is 6.84. The molecule has 0 spiro atoms. The van der Waals surface area contributed by atoms with Crippen LogP contribution in [-0.2, 0) is 23.9 Å². The monoisotopic (exact) mass is 742 g/mol. The molecule has 2 fully saturated rings. The first-order chi connectivity index (χ1) is 23.0. The molecule has 0 aromatic heterocycles. The number of ether oxygens (including phenoxy) is 1. The molecule has 9 nitrogen and oxygen atoms in total. The zero-order valence-electron chi connectivity index (χ0n) is 29.7. The van der Waals surface area contributed by atoms with Gasteiger partial charge in [-0.1, -0.05) is 89.0 Å². The highest BCUT2D eigenvalue weighted by atomic mass is 35.5. The maximum Gasteiger partial charge on any atom is 0.422 e. The highest BCUT2D eigenvalue weighted by Gasteiger charge is 2.43. The van der Waals surface area contributed by atoms with E-state index in [-0.39, 0.29) is 42.4 Å². The van der Waals surface area contributed by atoms with Crippen LogP contribution in [0.3, 0.4) is 0 Å². The van der Waals surface area contributed by atoms with Gasteiger partial charge >= 0.3 is 18.1 Å². The number of nitrogens with zero attached hydrogens (tertiary/aromatic N) is 3. The summed E-state index contributed by atoms with van der Waals surface area (Å²) in [5, 5.41) is 4.61. The third kappa shape index (κ3) is 11.1. The molecule has 3 amide bonds. The summed E-state index contributed by atoms with van der Waals surface area (Å²) in [4.78, 5) is 54.8. The molecule has 0 bridgehead atoms. The van der Waals surface area contributed by atoms with E-state index in [9.17, 15) is 32.3 Å².